The number of nitrogens with zero attached hydrogens (tertiary/aromatic N) is 1. The zero-order valence-corrected chi connectivity index (χ0v) is 13.9. The number of nitrogens with one attached hydrogen (secondary N) is 1. The summed E-state index contributed by atoms with van der Waals surface area (Å²) in [5.41, 5.74) is 0.719. The highest BCUT2D eigenvalue weighted by atomic mass is 16.4. The summed E-state index contributed by atoms with van der Waals surface area (Å²) >= 11 is 0. The van der Waals surface area contributed by atoms with Gasteiger partial charge >= 0.3 is 5.97 Å². The Hall–Kier alpha value is -2.96. The van der Waals surface area contributed by atoms with Gasteiger partial charge in [-0.25, -0.2) is 0 Å². The van der Waals surface area contributed by atoms with Gasteiger partial charge in [-0.2, -0.15) is 0 Å². The van der Waals surface area contributed by atoms with Gasteiger partial charge in [0.15, 0.2) is 0 Å². The second kappa shape index (κ2) is 6.09. The van der Waals surface area contributed by atoms with E-state index in [2.05, 4.69) is 17.5 Å². The molecule has 3 amide bonds. The van der Waals surface area contributed by atoms with Crippen molar-refractivity contribution in [3.63, 3.8) is 0 Å². The Morgan fingerprint density at radius 2 is 1.54 bits per heavy atom. The van der Waals surface area contributed by atoms with Crippen molar-refractivity contribution >= 4 is 29.4 Å². The van der Waals surface area contributed by atoms with E-state index in [0.717, 1.165) is 12.8 Å². The van der Waals surface area contributed by atoms with Gasteiger partial charge in [0.1, 0.15) is 6.54 Å². The number of anilines is 1. The van der Waals surface area contributed by atoms with Crippen LogP contribution in [0.15, 0.2) is 36.4 Å². The van der Waals surface area contributed by atoms with Gasteiger partial charge < -0.3 is 10.4 Å². The van der Waals surface area contributed by atoms with E-state index in [9.17, 15) is 19.2 Å². The number of carboxylic acids is 1. The number of hydrogen-bond acceptors (Lipinski definition) is 4. The SMILES string of the molecule is O=C(O)CNC(=O)c1ccc(N2C(=O)C3C4C=CC(CC4)C3C2=O)cc1. The number of carbonyl (C=O) groups is 4. The van der Waals surface area contributed by atoms with Crippen LogP contribution in [0.25, 0.3) is 0 Å². The van der Waals surface area contributed by atoms with Crippen LogP contribution in [0.2, 0.25) is 0 Å². The number of fused-ring (bicyclic) bond motifs is 1. The molecule has 5 rings (SSSR count). The molecular weight excluding hydrogens is 336 g/mol. The van der Waals surface area contributed by atoms with Gasteiger partial charge in [0.05, 0.1) is 17.5 Å². The Labute approximate surface area is 149 Å². The molecule has 1 heterocycles. The number of amides is 3. The van der Waals surface area contributed by atoms with Crippen LogP contribution in [0.5, 0.6) is 0 Å². The van der Waals surface area contributed by atoms with Gasteiger partial charge in [0.2, 0.25) is 11.8 Å². The minimum absolute atomic E-state index is 0.132. The number of rotatable bonds is 4. The quantitative estimate of drug-likeness (QED) is 0.625. The molecule has 1 aromatic rings. The van der Waals surface area contributed by atoms with Crippen LogP contribution in [0.1, 0.15) is 23.2 Å². The molecule has 1 saturated carbocycles. The number of benzene rings is 1. The summed E-state index contributed by atoms with van der Waals surface area (Å²) in [5.74, 6) is -2.26. The third-order valence-electron chi connectivity index (χ3n) is 5.55. The third kappa shape index (κ3) is 2.51. The zero-order chi connectivity index (χ0) is 18.4. The van der Waals surface area contributed by atoms with Crippen molar-refractivity contribution in [2.24, 2.45) is 23.7 Å². The maximum atomic E-state index is 12.9. The lowest BCUT2D eigenvalue weighted by molar-refractivity contribution is -0.135. The van der Waals surface area contributed by atoms with E-state index in [1.807, 2.05) is 0 Å². The highest BCUT2D eigenvalue weighted by Crippen LogP contribution is 2.50. The number of allylic oxidation sites excluding steroid dienone is 2. The first kappa shape index (κ1) is 16.5. The molecule has 3 aliphatic carbocycles. The van der Waals surface area contributed by atoms with Crippen LogP contribution in [-0.4, -0.2) is 35.3 Å². The molecule has 1 saturated heterocycles. The van der Waals surface area contributed by atoms with Crippen LogP contribution in [0, 0.1) is 23.7 Å². The Morgan fingerprint density at radius 3 is 2.00 bits per heavy atom. The van der Waals surface area contributed by atoms with E-state index < -0.39 is 18.4 Å². The molecule has 4 atom stereocenters. The lowest BCUT2D eigenvalue weighted by Crippen LogP contribution is -2.38. The van der Waals surface area contributed by atoms with Gasteiger partial charge in [0.25, 0.3) is 5.91 Å². The van der Waals surface area contributed by atoms with E-state index in [-0.39, 0.29) is 41.0 Å². The molecule has 4 aliphatic rings. The summed E-state index contributed by atoms with van der Waals surface area (Å²) in [6.07, 6.45) is 6.02. The molecule has 134 valence electrons. The summed E-state index contributed by atoms with van der Waals surface area (Å²) in [5, 5.41) is 10.9. The summed E-state index contributed by atoms with van der Waals surface area (Å²) in [6, 6.07) is 6.08. The van der Waals surface area contributed by atoms with E-state index in [0.29, 0.717) is 5.69 Å². The average molecular weight is 354 g/mol. The van der Waals surface area contributed by atoms with E-state index in [1.54, 1.807) is 12.1 Å². The standard InChI is InChI=1S/C19H18N2O5/c22-14(23)9-20-17(24)12-5-7-13(8-6-12)21-18(25)15-10-1-2-11(4-3-10)16(15)19(21)26/h1-2,5-8,10-11,15-16H,3-4,9H2,(H,20,24)(H,22,23). The molecule has 0 radical (unpaired) electrons. The second-order valence-corrected chi connectivity index (χ2v) is 6.98. The van der Waals surface area contributed by atoms with Crippen LogP contribution in [-0.2, 0) is 14.4 Å². The first-order valence-electron chi connectivity index (χ1n) is 8.63. The van der Waals surface area contributed by atoms with E-state index >= 15 is 0 Å². The Balaban J connectivity index is 1.55. The van der Waals surface area contributed by atoms with E-state index in [4.69, 9.17) is 5.11 Å². The molecule has 1 aromatic carbocycles. The normalized spacial score (nSPS) is 29.0. The molecule has 0 aromatic heterocycles. The van der Waals surface area contributed by atoms with E-state index in [1.165, 1.54) is 17.0 Å². The van der Waals surface area contributed by atoms with Crippen molar-refractivity contribution in [2.75, 3.05) is 11.4 Å². The predicted molar refractivity (Wildman–Crippen MR) is 91.2 cm³/mol. The first-order valence-corrected chi connectivity index (χ1v) is 8.63. The van der Waals surface area contributed by atoms with Crippen LogP contribution < -0.4 is 10.2 Å². The maximum absolute atomic E-state index is 12.9. The molecule has 26 heavy (non-hydrogen) atoms. The predicted octanol–water partition coefficient (Wildman–Crippen LogP) is 1.20. The van der Waals surface area contributed by atoms with Crippen LogP contribution in [0.3, 0.4) is 0 Å². The smallest absolute Gasteiger partial charge is 0.322 e. The fourth-order valence-corrected chi connectivity index (χ4v) is 4.35. The van der Waals surface area contributed by atoms with Gasteiger partial charge in [-0.1, -0.05) is 12.2 Å². The van der Waals surface area contributed by atoms with Crippen molar-refractivity contribution < 1.29 is 24.3 Å². The molecular formula is C19H18N2O5. The van der Waals surface area contributed by atoms with Crippen LogP contribution >= 0.6 is 0 Å². The third-order valence-corrected chi connectivity index (χ3v) is 5.55. The number of aliphatic carboxylic acids is 1. The lowest BCUT2D eigenvalue weighted by atomic mass is 9.63. The Kier molecular flexibility index (Phi) is 3.86. The van der Waals surface area contributed by atoms with Crippen molar-refractivity contribution in [1.29, 1.82) is 0 Å². The molecule has 0 spiro atoms. The van der Waals surface area contributed by atoms with Crippen molar-refractivity contribution in [2.45, 2.75) is 12.8 Å². The fraction of sp³-hybridized carbons (Fsp3) is 0.368. The van der Waals surface area contributed by atoms with Crippen LogP contribution in [0.4, 0.5) is 5.69 Å². The summed E-state index contributed by atoms with van der Waals surface area (Å²) in [4.78, 5) is 49.4. The Bertz CT molecular complexity index is 797. The largest absolute Gasteiger partial charge is 0.480 e. The highest BCUT2D eigenvalue weighted by molar-refractivity contribution is 6.22. The average Bonchev–Trinajstić information content (AvgIpc) is 2.94. The van der Waals surface area contributed by atoms with Crippen molar-refractivity contribution in [3.8, 4) is 0 Å². The van der Waals surface area contributed by atoms with Gasteiger partial charge in [-0.3, -0.25) is 24.1 Å². The maximum Gasteiger partial charge on any atom is 0.322 e. The fourth-order valence-electron chi connectivity index (χ4n) is 4.35. The molecule has 2 N–H and O–H groups in total. The molecule has 7 nitrogen and oxygen atoms in total. The monoisotopic (exact) mass is 354 g/mol. The highest BCUT2D eigenvalue weighted by Gasteiger charge is 2.56. The second-order valence-electron chi connectivity index (χ2n) is 6.98. The minimum atomic E-state index is -1.13. The van der Waals surface area contributed by atoms with Gasteiger partial charge in [-0.05, 0) is 48.9 Å². The van der Waals surface area contributed by atoms with Crippen molar-refractivity contribution in [3.05, 3.63) is 42.0 Å². The lowest BCUT2D eigenvalue weighted by Gasteiger charge is -2.38. The molecule has 2 bridgehead atoms. The first-order chi connectivity index (χ1) is 12.5. The summed E-state index contributed by atoms with van der Waals surface area (Å²) in [7, 11) is 0. The molecule has 1 aliphatic heterocycles. The zero-order valence-electron chi connectivity index (χ0n) is 13.9. The minimum Gasteiger partial charge on any atom is -0.480 e. The van der Waals surface area contributed by atoms with Gasteiger partial charge in [0, 0.05) is 5.56 Å². The molecule has 7 heteroatoms. The van der Waals surface area contributed by atoms with Gasteiger partial charge in [-0.15, -0.1) is 0 Å². The molecule has 4 unspecified atom stereocenters. The topological polar surface area (TPSA) is 104 Å². The Morgan fingerprint density at radius 1 is 1.00 bits per heavy atom. The molecule has 2 fully saturated rings. The number of imide groups is 1. The summed E-state index contributed by atoms with van der Waals surface area (Å²) in [6.45, 7) is -0.469. The van der Waals surface area contributed by atoms with Crippen molar-refractivity contribution in [1.82, 2.24) is 5.32 Å². The number of carboxylic acid groups (broad SMARTS) is 1. The number of hydrogen-bond donors (Lipinski definition) is 2. The summed E-state index contributed by atoms with van der Waals surface area (Å²) < 4.78 is 0. The number of carbonyl (C=O) groups excluding carboxylic acids is 3.